The molecule has 72 heavy (non-hydrogen) atoms. The Morgan fingerprint density at radius 2 is 1.22 bits per heavy atom. The topological polar surface area (TPSA) is 431 Å². The van der Waals surface area contributed by atoms with Crippen LogP contribution >= 0.6 is 0 Å². The van der Waals surface area contributed by atoms with Gasteiger partial charge in [0.15, 0.2) is 11.9 Å². The molecular weight excluding hydrogens is 939 g/mol. The first kappa shape index (κ1) is 57.1. The Bertz CT molecular complexity index is 2330. The van der Waals surface area contributed by atoms with E-state index in [1.807, 2.05) is 26.0 Å². The highest BCUT2D eigenvalue weighted by molar-refractivity contribution is 5.98. The van der Waals surface area contributed by atoms with Gasteiger partial charge in [-0.2, -0.15) is 0 Å². The molecule has 0 unspecified atom stereocenters. The Kier molecular flexibility index (Phi) is 21.6. The Balaban J connectivity index is 1.58. The predicted octanol–water partition coefficient (Wildman–Crippen LogP) is -2.82. The maximum Gasteiger partial charge on any atom is 0.326 e. The lowest BCUT2D eigenvalue weighted by Gasteiger charge is -2.31. The number of carbonyl (C=O) groups excluding carboxylic acids is 7. The number of aliphatic carboxylic acids is 2. The standard InChI is InChI=1S/C46H71N15O11/c1-24(2)20-33(43(70)61-19-9-15-35(61)44(71)72)59-37(64)25(3)55-41(68)34-14-8-18-60(34)42(69)31(13-7-17-53-46(50)51)57-40(67)32(21-26-23-54-29-11-5-4-10-27(26)29)58-39(66)30(12-6-16-52-45(48)49)56-38(65)28(47)22-36(62)63/h4-5,10-11,23-25,28,30-35,54H,6-9,12-22,47H2,1-3H3,(H,55,68)(H,56,65)(H,57,67)(H,58,66)(H,59,64)(H,62,63)(H,71,72)(H4,48,49,52)(H4,50,51,53)/t25-,28-,30-,31-,32-,33-,34-,35-/m0/s1. The molecule has 1 aromatic heterocycles. The molecule has 2 fully saturated rings. The fourth-order valence-electron chi connectivity index (χ4n) is 8.72. The highest BCUT2D eigenvalue weighted by Gasteiger charge is 2.41. The molecular formula is C46H71N15O11. The van der Waals surface area contributed by atoms with Gasteiger partial charge >= 0.3 is 11.9 Å². The van der Waals surface area contributed by atoms with E-state index in [2.05, 4.69) is 41.6 Å². The first-order valence-corrected chi connectivity index (χ1v) is 24.1. The molecule has 2 aromatic rings. The fraction of sp³-hybridized carbons (Fsp3) is 0.587. The smallest absolute Gasteiger partial charge is 0.326 e. The second-order valence-electron chi connectivity index (χ2n) is 18.5. The van der Waals surface area contributed by atoms with Crippen LogP contribution in [0.5, 0.6) is 0 Å². The lowest BCUT2D eigenvalue weighted by Crippen LogP contribution is -2.60. The molecule has 0 radical (unpaired) electrons. The van der Waals surface area contributed by atoms with Gasteiger partial charge in [-0.25, -0.2) is 4.79 Å². The number of aliphatic imine (C=N–C) groups is 2. The number of aromatic amines is 1. The zero-order valence-electron chi connectivity index (χ0n) is 40.9. The van der Waals surface area contributed by atoms with Crippen molar-refractivity contribution in [2.24, 2.45) is 44.6 Å². The van der Waals surface area contributed by atoms with E-state index in [0.29, 0.717) is 18.4 Å². The molecule has 26 nitrogen and oxygen atoms in total. The minimum absolute atomic E-state index is 0.0330. The third-order valence-corrected chi connectivity index (χ3v) is 12.3. The molecule has 2 saturated heterocycles. The number of aromatic nitrogens is 1. The van der Waals surface area contributed by atoms with E-state index >= 15 is 0 Å². The van der Waals surface area contributed by atoms with Crippen molar-refractivity contribution in [3.8, 4) is 0 Å². The van der Waals surface area contributed by atoms with Crippen LogP contribution in [-0.4, -0.2) is 165 Å². The summed E-state index contributed by atoms with van der Waals surface area (Å²) < 4.78 is 0. The lowest BCUT2D eigenvalue weighted by molar-refractivity contribution is -0.149. The van der Waals surface area contributed by atoms with Crippen LogP contribution < -0.4 is 55.3 Å². The zero-order valence-corrected chi connectivity index (χ0v) is 40.9. The van der Waals surface area contributed by atoms with Gasteiger partial charge in [-0.05, 0) is 82.3 Å². The summed E-state index contributed by atoms with van der Waals surface area (Å²) in [6.07, 6.45) is 2.63. The molecule has 0 spiro atoms. The molecule has 2 aliphatic heterocycles. The normalized spacial score (nSPS) is 17.9. The molecule has 18 N–H and O–H groups in total. The van der Waals surface area contributed by atoms with Gasteiger partial charge in [0.25, 0.3) is 0 Å². The lowest BCUT2D eigenvalue weighted by atomic mass is 10.0. The maximum atomic E-state index is 14.6. The summed E-state index contributed by atoms with van der Waals surface area (Å²) in [5, 5.41) is 33.0. The molecule has 4 rings (SSSR count). The van der Waals surface area contributed by atoms with Crippen molar-refractivity contribution in [1.29, 1.82) is 0 Å². The van der Waals surface area contributed by atoms with Crippen molar-refractivity contribution in [1.82, 2.24) is 41.4 Å². The number of carboxylic acids is 2. The van der Waals surface area contributed by atoms with Gasteiger partial charge in [-0.3, -0.25) is 48.3 Å². The number of hydrogen-bond donors (Lipinski definition) is 13. The summed E-state index contributed by atoms with van der Waals surface area (Å²) in [6.45, 7) is 5.56. The summed E-state index contributed by atoms with van der Waals surface area (Å²) >= 11 is 0. The highest BCUT2D eigenvalue weighted by atomic mass is 16.4. The molecule has 2 aliphatic rings. The molecule has 3 heterocycles. The third-order valence-electron chi connectivity index (χ3n) is 12.3. The van der Waals surface area contributed by atoms with Crippen LogP contribution in [0.1, 0.15) is 90.5 Å². The minimum atomic E-state index is -1.52. The molecule has 0 aliphatic carbocycles. The van der Waals surface area contributed by atoms with Crippen LogP contribution in [0, 0.1) is 5.92 Å². The Morgan fingerprint density at radius 3 is 1.82 bits per heavy atom. The first-order chi connectivity index (χ1) is 34.1. The van der Waals surface area contributed by atoms with Gasteiger partial charge in [-0.15, -0.1) is 0 Å². The van der Waals surface area contributed by atoms with E-state index < -0.39 is 108 Å². The molecule has 26 heteroatoms. The van der Waals surface area contributed by atoms with E-state index in [-0.39, 0.29) is 95.4 Å². The maximum absolute atomic E-state index is 14.6. The number of carboxylic acid groups (broad SMARTS) is 2. The van der Waals surface area contributed by atoms with E-state index in [1.54, 1.807) is 18.3 Å². The van der Waals surface area contributed by atoms with Gasteiger partial charge in [0.1, 0.15) is 42.3 Å². The monoisotopic (exact) mass is 1010 g/mol. The van der Waals surface area contributed by atoms with E-state index in [9.17, 15) is 53.4 Å². The van der Waals surface area contributed by atoms with Crippen molar-refractivity contribution >= 4 is 76.1 Å². The number of nitrogens with zero attached hydrogens (tertiary/aromatic N) is 4. The number of benzene rings is 1. The van der Waals surface area contributed by atoms with Crippen molar-refractivity contribution in [2.45, 2.75) is 140 Å². The highest BCUT2D eigenvalue weighted by Crippen LogP contribution is 2.23. The summed E-state index contributed by atoms with van der Waals surface area (Å²) in [5.74, 6) is -8.13. The number of carbonyl (C=O) groups is 9. The van der Waals surface area contributed by atoms with Crippen molar-refractivity contribution in [3.63, 3.8) is 0 Å². The molecule has 8 atom stereocenters. The number of fused-ring (bicyclic) bond motifs is 1. The molecule has 1 aromatic carbocycles. The van der Waals surface area contributed by atoms with E-state index in [0.717, 1.165) is 10.9 Å². The Morgan fingerprint density at radius 1 is 0.694 bits per heavy atom. The molecule has 0 saturated carbocycles. The van der Waals surface area contributed by atoms with Gasteiger partial charge in [-0.1, -0.05) is 32.0 Å². The summed E-state index contributed by atoms with van der Waals surface area (Å²) in [6, 6.07) is -2.72. The number of nitrogens with two attached hydrogens (primary N) is 5. The quantitative estimate of drug-likeness (QED) is 0.0244. The van der Waals surface area contributed by atoms with Crippen LogP contribution in [0.3, 0.4) is 0 Å². The summed E-state index contributed by atoms with van der Waals surface area (Å²) in [4.78, 5) is 134. The molecule has 396 valence electrons. The van der Waals surface area contributed by atoms with Gasteiger partial charge < -0.3 is 80.2 Å². The Labute approximate surface area is 416 Å². The average Bonchev–Trinajstić information content (AvgIpc) is 4.10. The fourth-order valence-corrected chi connectivity index (χ4v) is 8.72. The van der Waals surface area contributed by atoms with E-state index in [4.69, 9.17) is 28.7 Å². The van der Waals surface area contributed by atoms with Crippen LogP contribution in [0.4, 0.5) is 0 Å². The minimum Gasteiger partial charge on any atom is -0.481 e. The second-order valence-corrected chi connectivity index (χ2v) is 18.5. The largest absolute Gasteiger partial charge is 0.481 e. The number of para-hydroxylation sites is 1. The number of guanidine groups is 2. The third kappa shape index (κ3) is 16.8. The number of amides is 7. The van der Waals surface area contributed by atoms with Crippen LogP contribution in [0.2, 0.25) is 0 Å². The summed E-state index contributed by atoms with van der Waals surface area (Å²) in [7, 11) is 0. The van der Waals surface area contributed by atoms with Gasteiger partial charge in [0.2, 0.25) is 41.4 Å². The number of rotatable bonds is 27. The summed E-state index contributed by atoms with van der Waals surface area (Å²) in [5.41, 5.74) is 29.2. The number of hydrogen-bond acceptors (Lipinski definition) is 12. The van der Waals surface area contributed by atoms with Gasteiger partial charge in [0.05, 0.1) is 12.5 Å². The predicted molar refractivity (Wildman–Crippen MR) is 264 cm³/mol. The SMILES string of the molecule is CC(C)C[C@H](NC(=O)[C@H](C)NC(=O)[C@@H]1CCCN1C(=O)[C@H](CCCN=C(N)N)NC(=O)[C@H](Cc1c[nH]c2ccccc12)NC(=O)[C@H](CCCN=C(N)N)NC(=O)[C@@H](N)CC(=O)O)C(=O)N1CCC[C@H]1C(=O)O. The average molecular weight is 1010 g/mol. The molecule has 0 bridgehead atoms. The number of H-pyrrole nitrogens is 1. The van der Waals surface area contributed by atoms with Gasteiger partial charge in [0, 0.05) is 49.7 Å². The van der Waals surface area contributed by atoms with Crippen molar-refractivity contribution in [2.75, 3.05) is 26.2 Å². The zero-order chi connectivity index (χ0) is 53.2. The molecule has 7 amide bonds. The van der Waals surface area contributed by atoms with Crippen LogP contribution in [0.15, 0.2) is 40.4 Å². The second kappa shape index (κ2) is 27.2. The Hall–Kier alpha value is -7.51. The van der Waals surface area contributed by atoms with E-state index in [1.165, 1.54) is 16.7 Å². The van der Waals surface area contributed by atoms with Crippen LogP contribution in [-0.2, 0) is 49.6 Å². The van der Waals surface area contributed by atoms with Crippen molar-refractivity contribution < 1.29 is 53.4 Å². The first-order valence-electron chi connectivity index (χ1n) is 24.1. The van der Waals surface area contributed by atoms with Crippen molar-refractivity contribution in [3.05, 3.63) is 36.0 Å². The number of nitrogens with one attached hydrogen (secondary N) is 6. The number of likely N-dealkylation sites (tertiary alicyclic amines) is 2. The van der Waals surface area contributed by atoms with Crippen LogP contribution in [0.25, 0.3) is 10.9 Å².